The molecule has 1 atom stereocenters. The molecule has 1 aliphatic heterocycles. The first-order chi connectivity index (χ1) is 10.7. The molecule has 0 spiro atoms. The second kappa shape index (κ2) is 7.36. The minimum atomic E-state index is 0.0859. The van der Waals surface area contributed by atoms with Crippen LogP contribution in [0.1, 0.15) is 12.8 Å². The molecule has 5 heteroatoms. The van der Waals surface area contributed by atoms with Gasteiger partial charge < -0.3 is 10.6 Å². The minimum Gasteiger partial charge on any atom is -0.351 e. The lowest BCUT2D eigenvalue weighted by Gasteiger charge is -2.23. The number of amides is 1. The van der Waals surface area contributed by atoms with Gasteiger partial charge in [-0.15, -0.1) is 11.8 Å². The van der Waals surface area contributed by atoms with E-state index in [9.17, 15) is 4.79 Å². The van der Waals surface area contributed by atoms with Crippen LogP contribution in [0.3, 0.4) is 0 Å². The number of thioether (sulfide) groups is 1. The maximum absolute atomic E-state index is 12.1. The Bertz CT molecular complexity index is 666. The zero-order valence-corrected chi connectivity index (χ0v) is 13.8. The Kier molecular flexibility index (Phi) is 5.24. The fourth-order valence-corrected chi connectivity index (χ4v) is 4.03. The summed E-state index contributed by atoms with van der Waals surface area (Å²) in [6.07, 6.45) is 2.18. The van der Waals surface area contributed by atoms with E-state index in [0.29, 0.717) is 5.75 Å². The highest BCUT2D eigenvalue weighted by atomic mass is 35.5. The molecule has 1 unspecified atom stereocenters. The van der Waals surface area contributed by atoms with Gasteiger partial charge in [-0.2, -0.15) is 0 Å². The van der Waals surface area contributed by atoms with Crippen LogP contribution in [0.2, 0.25) is 5.02 Å². The first-order valence-corrected chi connectivity index (χ1v) is 8.90. The summed E-state index contributed by atoms with van der Waals surface area (Å²) in [5.74, 6) is 0.503. The molecule has 3 nitrogen and oxygen atoms in total. The molecule has 1 saturated heterocycles. The topological polar surface area (TPSA) is 41.1 Å². The quantitative estimate of drug-likeness (QED) is 0.841. The van der Waals surface area contributed by atoms with Crippen LogP contribution in [0.5, 0.6) is 0 Å². The number of benzene rings is 2. The van der Waals surface area contributed by atoms with Crippen molar-refractivity contribution in [3.8, 4) is 0 Å². The third-order valence-electron chi connectivity index (χ3n) is 3.84. The molecule has 0 saturated carbocycles. The van der Waals surface area contributed by atoms with Crippen molar-refractivity contribution in [1.29, 1.82) is 0 Å². The van der Waals surface area contributed by atoms with Gasteiger partial charge in [0.1, 0.15) is 0 Å². The molecule has 1 heterocycles. The maximum atomic E-state index is 12.1. The van der Waals surface area contributed by atoms with Crippen LogP contribution in [0.25, 0.3) is 10.8 Å². The number of piperidine rings is 1. The summed E-state index contributed by atoms with van der Waals surface area (Å²) in [5.41, 5.74) is 0. The van der Waals surface area contributed by atoms with Crippen molar-refractivity contribution in [3.05, 3.63) is 41.4 Å². The average molecular weight is 335 g/mol. The molecule has 0 bridgehead atoms. The molecule has 2 aromatic rings. The van der Waals surface area contributed by atoms with Crippen LogP contribution in [0, 0.1) is 0 Å². The highest BCUT2D eigenvalue weighted by Gasteiger charge is 2.15. The monoisotopic (exact) mass is 334 g/mol. The SMILES string of the molecule is O=C(CSc1cccc2cccc(Cl)c12)NC1CCCNC1. The molecule has 1 fully saturated rings. The Morgan fingerprint density at radius 2 is 2.14 bits per heavy atom. The zero-order valence-electron chi connectivity index (χ0n) is 12.3. The van der Waals surface area contributed by atoms with Gasteiger partial charge in [0.15, 0.2) is 0 Å². The van der Waals surface area contributed by atoms with Crippen LogP contribution < -0.4 is 10.6 Å². The van der Waals surface area contributed by atoms with Gasteiger partial charge >= 0.3 is 0 Å². The molecule has 0 radical (unpaired) electrons. The van der Waals surface area contributed by atoms with Gasteiger partial charge in [0, 0.05) is 27.9 Å². The Balaban J connectivity index is 1.65. The van der Waals surface area contributed by atoms with Gasteiger partial charge in [-0.1, -0.05) is 35.9 Å². The number of hydrogen-bond acceptors (Lipinski definition) is 3. The minimum absolute atomic E-state index is 0.0859. The van der Waals surface area contributed by atoms with Crippen LogP contribution in [0.15, 0.2) is 41.3 Å². The van der Waals surface area contributed by atoms with Crippen LogP contribution in [-0.2, 0) is 4.79 Å². The van der Waals surface area contributed by atoms with E-state index in [1.54, 1.807) is 11.8 Å². The molecular formula is C17H19ClN2OS. The van der Waals surface area contributed by atoms with Gasteiger partial charge in [0.05, 0.1) is 5.75 Å². The lowest BCUT2D eigenvalue weighted by molar-refractivity contribution is -0.119. The third-order valence-corrected chi connectivity index (χ3v) is 5.21. The standard InChI is InChI=1S/C17H19ClN2OS/c18-14-7-1-4-12-5-2-8-15(17(12)14)22-11-16(21)20-13-6-3-9-19-10-13/h1-2,4-5,7-8,13,19H,3,6,9-11H2,(H,20,21). The summed E-state index contributed by atoms with van der Waals surface area (Å²) in [6.45, 7) is 1.92. The Hall–Kier alpha value is -1.23. The third kappa shape index (κ3) is 3.75. The van der Waals surface area contributed by atoms with Gasteiger partial charge in [0.2, 0.25) is 5.91 Å². The second-order valence-electron chi connectivity index (χ2n) is 5.49. The van der Waals surface area contributed by atoms with E-state index in [2.05, 4.69) is 10.6 Å². The van der Waals surface area contributed by atoms with Crippen molar-refractivity contribution in [1.82, 2.24) is 10.6 Å². The smallest absolute Gasteiger partial charge is 0.230 e. The van der Waals surface area contributed by atoms with Gasteiger partial charge in [-0.05, 0) is 36.9 Å². The first-order valence-electron chi connectivity index (χ1n) is 7.54. The number of hydrogen-bond donors (Lipinski definition) is 2. The number of carbonyl (C=O) groups is 1. The van der Waals surface area contributed by atoms with E-state index in [4.69, 9.17) is 11.6 Å². The molecular weight excluding hydrogens is 316 g/mol. The predicted molar refractivity (Wildman–Crippen MR) is 93.7 cm³/mol. The van der Waals surface area contributed by atoms with Crippen molar-refractivity contribution >= 4 is 40.0 Å². The summed E-state index contributed by atoms with van der Waals surface area (Å²) in [6, 6.07) is 12.2. The van der Waals surface area contributed by atoms with E-state index < -0.39 is 0 Å². The van der Waals surface area contributed by atoms with Crippen molar-refractivity contribution < 1.29 is 4.79 Å². The number of fused-ring (bicyclic) bond motifs is 1. The van der Waals surface area contributed by atoms with Gasteiger partial charge in [-0.25, -0.2) is 0 Å². The van der Waals surface area contributed by atoms with E-state index in [1.165, 1.54) is 0 Å². The summed E-state index contributed by atoms with van der Waals surface area (Å²) >= 11 is 7.85. The largest absolute Gasteiger partial charge is 0.351 e. The van der Waals surface area contributed by atoms with Crippen molar-refractivity contribution in [2.24, 2.45) is 0 Å². The summed E-state index contributed by atoms with van der Waals surface area (Å²) in [5, 5.41) is 9.27. The fourth-order valence-electron chi connectivity index (χ4n) is 2.77. The molecule has 3 rings (SSSR count). The number of carbonyl (C=O) groups excluding carboxylic acids is 1. The van der Waals surface area contributed by atoms with Crippen molar-refractivity contribution in [2.75, 3.05) is 18.8 Å². The zero-order chi connectivity index (χ0) is 15.4. The maximum Gasteiger partial charge on any atom is 0.230 e. The van der Waals surface area contributed by atoms with Crippen molar-refractivity contribution in [2.45, 2.75) is 23.8 Å². The number of rotatable bonds is 4. The highest BCUT2D eigenvalue weighted by Crippen LogP contribution is 2.33. The molecule has 1 amide bonds. The van der Waals surface area contributed by atoms with E-state index in [1.807, 2.05) is 36.4 Å². The summed E-state index contributed by atoms with van der Waals surface area (Å²) in [4.78, 5) is 13.2. The van der Waals surface area contributed by atoms with Crippen LogP contribution in [0.4, 0.5) is 0 Å². The predicted octanol–water partition coefficient (Wildman–Crippen LogP) is 3.45. The lowest BCUT2D eigenvalue weighted by Crippen LogP contribution is -2.46. The lowest BCUT2D eigenvalue weighted by atomic mass is 10.1. The Morgan fingerprint density at radius 3 is 2.91 bits per heavy atom. The fraction of sp³-hybridized carbons (Fsp3) is 0.353. The van der Waals surface area contributed by atoms with E-state index in [0.717, 1.165) is 46.6 Å². The normalized spacial score (nSPS) is 18.3. The first kappa shape index (κ1) is 15.7. The van der Waals surface area contributed by atoms with Crippen LogP contribution in [-0.4, -0.2) is 30.8 Å². The highest BCUT2D eigenvalue weighted by molar-refractivity contribution is 8.00. The Labute approximate surface area is 139 Å². The molecule has 116 valence electrons. The number of nitrogens with one attached hydrogen (secondary N) is 2. The molecule has 0 aromatic heterocycles. The molecule has 2 N–H and O–H groups in total. The molecule has 0 aliphatic carbocycles. The average Bonchev–Trinajstić information content (AvgIpc) is 2.54. The summed E-state index contributed by atoms with van der Waals surface area (Å²) in [7, 11) is 0. The van der Waals surface area contributed by atoms with Gasteiger partial charge in [-0.3, -0.25) is 4.79 Å². The molecule has 2 aromatic carbocycles. The number of halogens is 1. The molecule has 1 aliphatic rings. The Morgan fingerprint density at radius 1 is 1.32 bits per heavy atom. The van der Waals surface area contributed by atoms with Crippen LogP contribution >= 0.6 is 23.4 Å². The van der Waals surface area contributed by atoms with Crippen molar-refractivity contribution in [3.63, 3.8) is 0 Å². The second-order valence-corrected chi connectivity index (χ2v) is 6.92. The molecule has 22 heavy (non-hydrogen) atoms. The van der Waals surface area contributed by atoms with E-state index >= 15 is 0 Å². The summed E-state index contributed by atoms with van der Waals surface area (Å²) < 4.78 is 0. The van der Waals surface area contributed by atoms with E-state index in [-0.39, 0.29) is 11.9 Å². The van der Waals surface area contributed by atoms with Gasteiger partial charge in [0.25, 0.3) is 0 Å².